The molecule has 5 heteroatoms. The van der Waals surface area contributed by atoms with E-state index in [2.05, 4.69) is 17.0 Å². The van der Waals surface area contributed by atoms with Gasteiger partial charge in [0.2, 0.25) is 5.78 Å². The number of carbonyl (C=O) groups excluding carboxylic acids is 3. The SMILES string of the molecule is CCCCCCCC(=O)C(=O)N[C@H](C(=O)OC)C(C)C. The van der Waals surface area contributed by atoms with Crippen molar-refractivity contribution in [1.29, 1.82) is 0 Å². The van der Waals surface area contributed by atoms with Gasteiger partial charge in [0.15, 0.2) is 0 Å². The summed E-state index contributed by atoms with van der Waals surface area (Å²) in [5.41, 5.74) is 0. The topological polar surface area (TPSA) is 72.5 Å². The summed E-state index contributed by atoms with van der Waals surface area (Å²) < 4.78 is 4.61. The van der Waals surface area contributed by atoms with Gasteiger partial charge in [-0.15, -0.1) is 0 Å². The fraction of sp³-hybridized carbons (Fsp3) is 0.800. The fourth-order valence-corrected chi connectivity index (χ4v) is 1.85. The Bertz CT molecular complexity index is 326. The van der Waals surface area contributed by atoms with Crippen LogP contribution in [0.4, 0.5) is 0 Å². The van der Waals surface area contributed by atoms with E-state index in [0.717, 1.165) is 32.1 Å². The van der Waals surface area contributed by atoms with Crippen molar-refractivity contribution in [2.45, 2.75) is 65.3 Å². The highest BCUT2D eigenvalue weighted by atomic mass is 16.5. The molecule has 0 aromatic heterocycles. The van der Waals surface area contributed by atoms with Gasteiger partial charge < -0.3 is 10.1 Å². The van der Waals surface area contributed by atoms with Crippen LogP contribution in [0.1, 0.15) is 59.3 Å². The van der Waals surface area contributed by atoms with Gasteiger partial charge in [-0.05, 0) is 12.3 Å². The molecule has 0 radical (unpaired) electrons. The van der Waals surface area contributed by atoms with E-state index in [1.807, 2.05) is 0 Å². The van der Waals surface area contributed by atoms with Crippen molar-refractivity contribution in [2.24, 2.45) is 5.92 Å². The van der Waals surface area contributed by atoms with Crippen LogP contribution in [0.25, 0.3) is 0 Å². The molecule has 5 nitrogen and oxygen atoms in total. The van der Waals surface area contributed by atoms with Crippen molar-refractivity contribution in [3.63, 3.8) is 0 Å². The van der Waals surface area contributed by atoms with E-state index in [1.54, 1.807) is 13.8 Å². The Labute approximate surface area is 121 Å². The zero-order valence-corrected chi connectivity index (χ0v) is 13.0. The molecule has 20 heavy (non-hydrogen) atoms. The highest BCUT2D eigenvalue weighted by Gasteiger charge is 2.27. The van der Waals surface area contributed by atoms with Gasteiger partial charge >= 0.3 is 5.97 Å². The lowest BCUT2D eigenvalue weighted by atomic mass is 10.0. The first kappa shape index (κ1) is 18.6. The molecule has 0 fully saturated rings. The number of esters is 1. The number of carbonyl (C=O) groups is 3. The van der Waals surface area contributed by atoms with Crippen LogP contribution < -0.4 is 5.32 Å². The van der Waals surface area contributed by atoms with E-state index >= 15 is 0 Å². The van der Waals surface area contributed by atoms with Crippen molar-refractivity contribution < 1.29 is 19.1 Å². The van der Waals surface area contributed by atoms with Gasteiger partial charge in [0.1, 0.15) is 6.04 Å². The summed E-state index contributed by atoms with van der Waals surface area (Å²) in [5, 5.41) is 2.46. The summed E-state index contributed by atoms with van der Waals surface area (Å²) in [6, 6.07) is -0.767. The largest absolute Gasteiger partial charge is 0.467 e. The lowest BCUT2D eigenvalue weighted by Crippen LogP contribution is -2.47. The van der Waals surface area contributed by atoms with Crippen molar-refractivity contribution >= 4 is 17.7 Å². The van der Waals surface area contributed by atoms with E-state index in [1.165, 1.54) is 7.11 Å². The Hall–Kier alpha value is -1.39. The molecule has 0 aliphatic rings. The number of Topliss-reactive ketones (excluding diaryl/α,β-unsaturated/α-hetero) is 1. The molecule has 0 spiro atoms. The van der Waals surface area contributed by atoms with Gasteiger partial charge in [-0.2, -0.15) is 0 Å². The van der Waals surface area contributed by atoms with Gasteiger partial charge in [0.05, 0.1) is 7.11 Å². The second-order valence-electron chi connectivity index (χ2n) is 5.31. The number of hydrogen-bond donors (Lipinski definition) is 1. The molecule has 0 aliphatic heterocycles. The smallest absolute Gasteiger partial charge is 0.328 e. The minimum atomic E-state index is -0.767. The maximum atomic E-state index is 11.7. The predicted molar refractivity (Wildman–Crippen MR) is 77.2 cm³/mol. The molecule has 0 bridgehead atoms. The standard InChI is InChI=1S/C15H27NO4/c1-5-6-7-8-9-10-12(17)14(18)16-13(11(2)3)15(19)20-4/h11,13H,5-10H2,1-4H3,(H,16,18)/t13-/m0/s1. The third-order valence-electron chi connectivity index (χ3n) is 3.17. The van der Waals surface area contributed by atoms with Crippen LogP contribution in [0, 0.1) is 5.92 Å². The lowest BCUT2D eigenvalue weighted by molar-refractivity contribution is -0.147. The average Bonchev–Trinajstić information content (AvgIpc) is 2.42. The third kappa shape index (κ3) is 7.26. The minimum absolute atomic E-state index is 0.122. The zero-order chi connectivity index (χ0) is 15.5. The molecule has 0 saturated carbocycles. The molecule has 0 aliphatic carbocycles. The fourth-order valence-electron chi connectivity index (χ4n) is 1.85. The summed E-state index contributed by atoms with van der Waals surface area (Å²) >= 11 is 0. The van der Waals surface area contributed by atoms with Gasteiger partial charge in [0.25, 0.3) is 5.91 Å². The molecular formula is C15H27NO4. The lowest BCUT2D eigenvalue weighted by Gasteiger charge is -2.19. The van der Waals surface area contributed by atoms with Crippen LogP contribution in [0.5, 0.6) is 0 Å². The number of nitrogens with one attached hydrogen (secondary N) is 1. The van der Waals surface area contributed by atoms with Crippen molar-refractivity contribution in [2.75, 3.05) is 7.11 Å². The first-order valence-corrected chi connectivity index (χ1v) is 7.35. The van der Waals surface area contributed by atoms with E-state index in [-0.39, 0.29) is 12.3 Å². The number of amides is 1. The van der Waals surface area contributed by atoms with E-state index < -0.39 is 23.7 Å². The molecule has 0 heterocycles. The Morgan fingerprint density at radius 3 is 2.15 bits per heavy atom. The van der Waals surface area contributed by atoms with Crippen molar-refractivity contribution in [1.82, 2.24) is 5.32 Å². The Morgan fingerprint density at radius 2 is 1.65 bits per heavy atom. The van der Waals surface area contributed by atoms with Crippen LogP contribution in [-0.4, -0.2) is 30.8 Å². The highest BCUT2D eigenvalue weighted by Crippen LogP contribution is 2.07. The second-order valence-corrected chi connectivity index (χ2v) is 5.31. The summed E-state index contributed by atoms with van der Waals surface area (Å²) in [7, 11) is 1.26. The normalized spacial score (nSPS) is 12.1. The molecule has 0 saturated heterocycles. The van der Waals surface area contributed by atoms with E-state index in [4.69, 9.17) is 0 Å². The van der Waals surface area contributed by atoms with E-state index in [9.17, 15) is 14.4 Å². The molecule has 1 atom stereocenters. The quantitative estimate of drug-likeness (QED) is 0.379. The van der Waals surface area contributed by atoms with Crippen molar-refractivity contribution in [3.05, 3.63) is 0 Å². The minimum Gasteiger partial charge on any atom is -0.467 e. The molecular weight excluding hydrogens is 258 g/mol. The maximum absolute atomic E-state index is 11.7. The van der Waals surface area contributed by atoms with Crippen molar-refractivity contribution in [3.8, 4) is 0 Å². The molecule has 1 N–H and O–H groups in total. The van der Waals surface area contributed by atoms with Gasteiger partial charge in [-0.25, -0.2) is 4.79 Å². The first-order chi connectivity index (χ1) is 9.43. The molecule has 0 aromatic rings. The maximum Gasteiger partial charge on any atom is 0.328 e. The van der Waals surface area contributed by atoms with Gasteiger partial charge in [-0.1, -0.05) is 46.5 Å². The Balaban J connectivity index is 4.16. The Morgan fingerprint density at radius 1 is 1.05 bits per heavy atom. The van der Waals surface area contributed by atoms with Crippen LogP contribution in [0.15, 0.2) is 0 Å². The summed E-state index contributed by atoms with van der Waals surface area (Å²) in [6.07, 6.45) is 5.29. The third-order valence-corrected chi connectivity index (χ3v) is 3.17. The summed E-state index contributed by atoms with van der Waals surface area (Å²) in [5.74, 6) is -1.80. The second kappa shape index (κ2) is 10.4. The van der Waals surface area contributed by atoms with Gasteiger partial charge in [-0.3, -0.25) is 9.59 Å². The molecule has 0 aromatic carbocycles. The number of ketones is 1. The number of ether oxygens (including phenoxy) is 1. The van der Waals surface area contributed by atoms with E-state index in [0.29, 0.717) is 0 Å². The number of unbranched alkanes of at least 4 members (excludes halogenated alkanes) is 4. The Kier molecular flexibility index (Phi) is 9.68. The molecule has 1 amide bonds. The monoisotopic (exact) mass is 285 g/mol. The summed E-state index contributed by atoms with van der Waals surface area (Å²) in [4.78, 5) is 34.9. The van der Waals surface area contributed by atoms with Crippen LogP contribution in [-0.2, 0) is 19.1 Å². The zero-order valence-electron chi connectivity index (χ0n) is 13.0. The highest BCUT2D eigenvalue weighted by molar-refractivity contribution is 6.36. The first-order valence-electron chi connectivity index (χ1n) is 7.35. The van der Waals surface area contributed by atoms with Crippen LogP contribution in [0.2, 0.25) is 0 Å². The number of methoxy groups -OCH3 is 1. The molecule has 116 valence electrons. The molecule has 0 rings (SSSR count). The number of rotatable bonds is 10. The van der Waals surface area contributed by atoms with Crippen LogP contribution >= 0.6 is 0 Å². The van der Waals surface area contributed by atoms with Crippen LogP contribution in [0.3, 0.4) is 0 Å². The molecule has 0 unspecified atom stereocenters. The summed E-state index contributed by atoms with van der Waals surface area (Å²) in [6.45, 7) is 5.70. The number of hydrogen-bond acceptors (Lipinski definition) is 4. The van der Waals surface area contributed by atoms with Gasteiger partial charge in [0, 0.05) is 6.42 Å². The predicted octanol–water partition coefficient (Wildman–Crippen LogP) is 2.23. The average molecular weight is 285 g/mol.